The van der Waals surface area contributed by atoms with Crippen molar-refractivity contribution in [2.75, 3.05) is 18.4 Å². The molecule has 1 aliphatic carbocycles. The van der Waals surface area contributed by atoms with Gasteiger partial charge in [-0.05, 0) is 36.6 Å². The van der Waals surface area contributed by atoms with Crippen molar-refractivity contribution in [3.63, 3.8) is 0 Å². The number of hydrogen-bond acceptors (Lipinski definition) is 4. The standard InChI is InChI=1S/C16H17BrN4O/c17-13-4-1-3-12(11-13)16(5-6-16)14(22)18-9-10-21-15-19-7-2-8-20-15/h1-4,7-8,11H,5-6,9-10H2,(H,18,22)(H,19,20,21). The third kappa shape index (κ3) is 3.27. The first-order chi connectivity index (χ1) is 10.7. The first-order valence-electron chi connectivity index (χ1n) is 7.26. The van der Waals surface area contributed by atoms with Gasteiger partial charge >= 0.3 is 0 Å². The van der Waals surface area contributed by atoms with Gasteiger partial charge < -0.3 is 10.6 Å². The molecule has 1 amide bonds. The molecule has 5 nitrogen and oxygen atoms in total. The summed E-state index contributed by atoms with van der Waals surface area (Å²) in [6.45, 7) is 1.15. The Balaban J connectivity index is 1.52. The number of rotatable bonds is 6. The molecule has 1 aromatic heterocycles. The lowest BCUT2D eigenvalue weighted by molar-refractivity contribution is -0.123. The molecule has 0 spiro atoms. The van der Waals surface area contributed by atoms with E-state index in [0.717, 1.165) is 22.9 Å². The summed E-state index contributed by atoms with van der Waals surface area (Å²) in [5.74, 6) is 0.672. The van der Waals surface area contributed by atoms with Gasteiger partial charge in [0.15, 0.2) is 0 Å². The molecule has 0 aliphatic heterocycles. The van der Waals surface area contributed by atoms with Crippen molar-refractivity contribution >= 4 is 27.8 Å². The van der Waals surface area contributed by atoms with Crippen LogP contribution in [0.15, 0.2) is 47.2 Å². The van der Waals surface area contributed by atoms with Crippen molar-refractivity contribution in [1.29, 1.82) is 0 Å². The van der Waals surface area contributed by atoms with Crippen LogP contribution in [-0.2, 0) is 10.2 Å². The summed E-state index contributed by atoms with van der Waals surface area (Å²) in [7, 11) is 0. The fourth-order valence-electron chi connectivity index (χ4n) is 2.47. The van der Waals surface area contributed by atoms with Gasteiger partial charge in [0.25, 0.3) is 0 Å². The van der Waals surface area contributed by atoms with Crippen LogP contribution in [0.1, 0.15) is 18.4 Å². The summed E-state index contributed by atoms with van der Waals surface area (Å²) in [4.78, 5) is 20.6. The Morgan fingerprint density at radius 2 is 1.95 bits per heavy atom. The van der Waals surface area contributed by atoms with Crippen LogP contribution in [0.4, 0.5) is 5.95 Å². The Bertz CT molecular complexity index is 658. The number of hydrogen-bond donors (Lipinski definition) is 2. The van der Waals surface area contributed by atoms with Gasteiger partial charge in [-0.3, -0.25) is 4.79 Å². The van der Waals surface area contributed by atoms with Crippen LogP contribution in [0.2, 0.25) is 0 Å². The smallest absolute Gasteiger partial charge is 0.230 e. The second-order valence-electron chi connectivity index (χ2n) is 5.35. The van der Waals surface area contributed by atoms with Crippen molar-refractivity contribution in [2.24, 2.45) is 0 Å². The summed E-state index contributed by atoms with van der Waals surface area (Å²) in [6.07, 6.45) is 5.18. The molecule has 114 valence electrons. The molecule has 0 radical (unpaired) electrons. The maximum Gasteiger partial charge on any atom is 0.230 e. The van der Waals surface area contributed by atoms with E-state index in [1.54, 1.807) is 18.5 Å². The molecule has 1 aromatic carbocycles. The van der Waals surface area contributed by atoms with E-state index in [-0.39, 0.29) is 11.3 Å². The van der Waals surface area contributed by atoms with Gasteiger partial charge in [0.1, 0.15) is 0 Å². The van der Waals surface area contributed by atoms with E-state index < -0.39 is 0 Å². The molecule has 2 aromatic rings. The zero-order valence-electron chi connectivity index (χ0n) is 12.1. The summed E-state index contributed by atoms with van der Waals surface area (Å²) in [5, 5.41) is 6.08. The van der Waals surface area contributed by atoms with Crippen LogP contribution >= 0.6 is 15.9 Å². The van der Waals surface area contributed by atoms with Crippen molar-refractivity contribution < 1.29 is 4.79 Å². The fourth-order valence-corrected chi connectivity index (χ4v) is 2.87. The predicted molar refractivity (Wildman–Crippen MR) is 88.6 cm³/mol. The molecule has 22 heavy (non-hydrogen) atoms. The first-order valence-corrected chi connectivity index (χ1v) is 8.05. The quantitative estimate of drug-likeness (QED) is 0.776. The fraction of sp³-hybridized carbons (Fsp3) is 0.312. The average molecular weight is 361 g/mol. The molecule has 0 bridgehead atoms. The van der Waals surface area contributed by atoms with Gasteiger partial charge in [-0.15, -0.1) is 0 Å². The van der Waals surface area contributed by atoms with Gasteiger partial charge in [0, 0.05) is 30.0 Å². The van der Waals surface area contributed by atoms with E-state index >= 15 is 0 Å². The van der Waals surface area contributed by atoms with E-state index in [1.807, 2.05) is 24.3 Å². The summed E-state index contributed by atoms with van der Waals surface area (Å²) < 4.78 is 1.01. The molecule has 3 rings (SSSR count). The molecule has 6 heteroatoms. The number of amides is 1. The second-order valence-corrected chi connectivity index (χ2v) is 6.26. The second kappa shape index (κ2) is 6.44. The highest BCUT2D eigenvalue weighted by molar-refractivity contribution is 9.10. The average Bonchev–Trinajstić information content (AvgIpc) is 3.34. The molecule has 0 unspecified atom stereocenters. The number of anilines is 1. The minimum absolute atomic E-state index is 0.0985. The van der Waals surface area contributed by atoms with E-state index in [9.17, 15) is 4.79 Å². The van der Waals surface area contributed by atoms with Crippen LogP contribution < -0.4 is 10.6 Å². The first kappa shape index (κ1) is 15.0. The maximum absolute atomic E-state index is 12.5. The van der Waals surface area contributed by atoms with Crippen molar-refractivity contribution in [2.45, 2.75) is 18.3 Å². The normalized spacial score (nSPS) is 15.1. The minimum atomic E-state index is -0.340. The lowest BCUT2D eigenvalue weighted by atomic mass is 9.95. The highest BCUT2D eigenvalue weighted by atomic mass is 79.9. The zero-order chi connectivity index (χ0) is 15.4. The number of halogens is 1. The van der Waals surface area contributed by atoms with E-state index in [2.05, 4.69) is 36.5 Å². The summed E-state index contributed by atoms with van der Waals surface area (Å²) in [5.41, 5.74) is 0.742. The highest BCUT2D eigenvalue weighted by Crippen LogP contribution is 2.48. The van der Waals surface area contributed by atoms with Gasteiger partial charge in [-0.25, -0.2) is 9.97 Å². The third-order valence-electron chi connectivity index (χ3n) is 3.82. The largest absolute Gasteiger partial charge is 0.354 e. The van der Waals surface area contributed by atoms with Crippen molar-refractivity contribution in [1.82, 2.24) is 15.3 Å². The van der Waals surface area contributed by atoms with Crippen LogP contribution in [0.25, 0.3) is 0 Å². The molecule has 1 fully saturated rings. The van der Waals surface area contributed by atoms with Crippen LogP contribution in [0, 0.1) is 0 Å². The Labute approximate surface area is 137 Å². The molecule has 1 heterocycles. The number of carbonyl (C=O) groups is 1. The topological polar surface area (TPSA) is 66.9 Å². The zero-order valence-corrected chi connectivity index (χ0v) is 13.6. The monoisotopic (exact) mass is 360 g/mol. The SMILES string of the molecule is O=C(NCCNc1ncccn1)C1(c2cccc(Br)c2)CC1. The third-order valence-corrected chi connectivity index (χ3v) is 4.31. The van der Waals surface area contributed by atoms with Gasteiger partial charge in [-0.2, -0.15) is 0 Å². The summed E-state index contributed by atoms with van der Waals surface area (Å²) in [6, 6.07) is 9.76. The molecule has 0 saturated heterocycles. The lowest BCUT2D eigenvalue weighted by Gasteiger charge is -2.16. The van der Waals surface area contributed by atoms with Crippen molar-refractivity contribution in [3.8, 4) is 0 Å². The van der Waals surface area contributed by atoms with Crippen LogP contribution in [0.5, 0.6) is 0 Å². The number of aromatic nitrogens is 2. The molecule has 1 aliphatic rings. The molecule has 1 saturated carbocycles. The maximum atomic E-state index is 12.5. The summed E-state index contributed by atoms with van der Waals surface area (Å²) >= 11 is 3.47. The van der Waals surface area contributed by atoms with Crippen LogP contribution in [-0.4, -0.2) is 29.0 Å². The van der Waals surface area contributed by atoms with E-state index in [4.69, 9.17) is 0 Å². The highest BCUT2D eigenvalue weighted by Gasteiger charge is 2.51. The Morgan fingerprint density at radius 1 is 1.18 bits per heavy atom. The minimum Gasteiger partial charge on any atom is -0.354 e. The Morgan fingerprint density at radius 3 is 2.64 bits per heavy atom. The van der Waals surface area contributed by atoms with E-state index in [0.29, 0.717) is 19.0 Å². The van der Waals surface area contributed by atoms with E-state index in [1.165, 1.54) is 0 Å². The van der Waals surface area contributed by atoms with Gasteiger partial charge in [0.05, 0.1) is 5.41 Å². The Hall–Kier alpha value is -1.95. The number of nitrogens with one attached hydrogen (secondary N) is 2. The Kier molecular flexibility index (Phi) is 4.38. The van der Waals surface area contributed by atoms with Gasteiger partial charge in [0.2, 0.25) is 11.9 Å². The number of carbonyl (C=O) groups excluding carboxylic acids is 1. The lowest BCUT2D eigenvalue weighted by Crippen LogP contribution is -2.37. The molecule has 0 atom stereocenters. The molecular formula is C16H17BrN4O. The van der Waals surface area contributed by atoms with Gasteiger partial charge in [-0.1, -0.05) is 28.1 Å². The van der Waals surface area contributed by atoms with Crippen molar-refractivity contribution in [3.05, 3.63) is 52.8 Å². The molecular weight excluding hydrogens is 344 g/mol. The number of benzene rings is 1. The predicted octanol–water partition coefficient (Wildman–Crippen LogP) is 2.50. The molecule has 2 N–H and O–H groups in total. The number of nitrogens with zero attached hydrogens (tertiary/aromatic N) is 2. The van der Waals surface area contributed by atoms with Crippen LogP contribution in [0.3, 0.4) is 0 Å².